The molecule has 29 heteroatoms. The van der Waals surface area contributed by atoms with Crippen molar-refractivity contribution in [3.05, 3.63) is 89.9 Å². The van der Waals surface area contributed by atoms with Gasteiger partial charge in [0.2, 0.25) is 29.5 Å². The monoisotopic (exact) mass is 1210 g/mol. The number of imide groups is 1. The number of nitrogens with zero attached hydrogens (tertiary/aromatic N) is 4. The Kier molecular flexibility index (Phi) is 28.2. The standard InChI is InChI=1S/C54H75F2N11O11.C2HF3O2/c1-33(2)46(64-42(69)19-10-7-13-27-66-43(70)22-23-44(66)71)51(75)62-39(18-14-26-60-53(58)78)50(74)63-40(52(76)77)17-11-12-25-59-49(73)38(57)24-28-67(45(72)32-68)47(54(3,4)5)48-61-41(36-29-35(55)20-21-37(36)56)31-65(48)30-34-15-8-6-9-16-34;3-2(4,5)1(6)7/h6,8-9,15-16,20-23,29,31,33,38-40,46-47,68H,7,10-14,17-19,24-28,30,32,57H2,1-5H3,(H,59,73)(H,62,75)(H,63,74)(H,64,69)(H,76,77)(H3,58,60,78);(H,6,7)/t38?,39?,40?,46-,47?;/m0./s1. The number of primary amides is 1. The van der Waals surface area contributed by atoms with Crippen molar-refractivity contribution in [3.8, 4) is 11.3 Å². The first-order valence-electron chi connectivity index (χ1n) is 27.4. The summed E-state index contributed by atoms with van der Waals surface area (Å²) in [5.41, 5.74) is 11.6. The van der Waals surface area contributed by atoms with Crippen molar-refractivity contribution in [1.82, 2.24) is 45.9 Å². The molecular weight excluding hydrogens is 1130 g/mol. The summed E-state index contributed by atoms with van der Waals surface area (Å²) in [5, 5.41) is 40.3. The minimum atomic E-state index is -5.08. The van der Waals surface area contributed by atoms with Gasteiger partial charge in [-0.15, -0.1) is 0 Å². The number of aliphatic hydroxyl groups excluding tert-OH is 1. The molecule has 5 atom stereocenters. The molecule has 9 amide bonds. The predicted molar refractivity (Wildman–Crippen MR) is 297 cm³/mol. The molecule has 0 spiro atoms. The van der Waals surface area contributed by atoms with E-state index in [0.29, 0.717) is 25.1 Å². The van der Waals surface area contributed by atoms with Gasteiger partial charge in [-0.3, -0.25) is 38.5 Å². The Hall–Kier alpha value is -8.34. The maximum atomic E-state index is 15.1. The Morgan fingerprint density at radius 3 is 1.94 bits per heavy atom. The number of nitrogens with one attached hydrogen (secondary N) is 5. The summed E-state index contributed by atoms with van der Waals surface area (Å²) in [6, 6.07) is 5.67. The lowest BCUT2D eigenvalue weighted by molar-refractivity contribution is -0.192. The molecule has 2 aromatic carbocycles. The second kappa shape index (κ2) is 33.8. The summed E-state index contributed by atoms with van der Waals surface area (Å²) in [6.07, 6.45) is 0.719. The van der Waals surface area contributed by atoms with Gasteiger partial charge in [0.25, 0.3) is 11.8 Å². The molecule has 1 aromatic heterocycles. The van der Waals surface area contributed by atoms with Gasteiger partial charge in [0.1, 0.15) is 42.2 Å². The number of aliphatic hydroxyl groups is 1. The molecule has 1 aliphatic rings. The fourth-order valence-electron chi connectivity index (χ4n) is 8.83. The number of nitrogens with two attached hydrogens (primary N) is 2. The van der Waals surface area contributed by atoms with Crippen LogP contribution in [0.1, 0.15) is 116 Å². The molecule has 0 fully saturated rings. The number of hydrogen-bond acceptors (Lipinski definition) is 13. The van der Waals surface area contributed by atoms with Crippen LogP contribution in [0.15, 0.2) is 66.9 Å². The quantitative estimate of drug-likeness (QED) is 0.0243. The predicted octanol–water partition coefficient (Wildman–Crippen LogP) is 3.55. The zero-order valence-electron chi connectivity index (χ0n) is 47.9. The third kappa shape index (κ3) is 23.7. The molecule has 468 valence electrons. The van der Waals surface area contributed by atoms with Crippen LogP contribution in [0.2, 0.25) is 0 Å². The minimum absolute atomic E-state index is 0.0366. The first kappa shape index (κ1) is 70.9. The number of benzene rings is 2. The topological polar surface area (TPSA) is 368 Å². The number of rotatable bonds is 32. The molecular formula is C56H76F5N11O13. The van der Waals surface area contributed by atoms with Crippen molar-refractivity contribution in [3.63, 3.8) is 0 Å². The number of alkyl halides is 3. The molecule has 0 radical (unpaired) electrons. The Labute approximate surface area is 487 Å². The van der Waals surface area contributed by atoms with Gasteiger partial charge in [0, 0.05) is 63.1 Å². The maximum Gasteiger partial charge on any atom is 0.490 e. The average Bonchev–Trinajstić information content (AvgIpc) is 2.04. The van der Waals surface area contributed by atoms with Crippen LogP contribution in [-0.2, 0) is 49.7 Å². The van der Waals surface area contributed by atoms with Crippen molar-refractivity contribution in [2.45, 2.75) is 142 Å². The minimum Gasteiger partial charge on any atom is -0.480 e. The number of carbonyl (C=O) groups is 10. The first-order valence-corrected chi connectivity index (χ1v) is 27.4. The molecule has 85 heavy (non-hydrogen) atoms. The van der Waals surface area contributed by atoms with E-state index in [0.717, 1.165) is 28.7 Å². The van der Waals surface area contributed by atoms with Crippen molar-refractivity contribution in [1.29, 1.82) is 0 Å². The first-order chi connectivity index (χ1) is 39.8. The van der Waals surface area contributed by atoms with E-state index in [-0.39, 0.29) is 88.9 Å². The number of aliphatic carboxylic acids is 2. The van der Waals surface area contributed by atoms with E-state index < -0.39 is 125 Å². The second-order valence-electron chi connectivity index (χ2n) is 21.4. The zero-order chi connectivity index (χ0) is 63.8. The van der Waals surface area contributed by atoms with Gasteiger partial charge in [-0.05, 0) is 86.5 Å². The number of urea groups is 1. The summed E-state index contributed by atoms with van der Waals surface area (Å²) in [4.78, 5) is 131. The summed E-state index contributed by atoms with van der Waals surface area (Å²) < 4.78 is 63.0. The Morgan fingerprint density at radius 1 is 0.753 bits per heavy atom. The second-order valence-corrected chi connectivity index (χ2v) is 21.4. The normalized spacial score (nSPS) is 14.1. The van der Waals surface area contributed by atoms with Gasteiger partial charge in [-0.2, -0.15) is 13.2 Å². The fraction of sp³-hybridized carbons (Fsp3) is 0.518. The fourth-order valence-corrected chi connectivity index (χ4v) is 8.83. The summed E-state index contributed by atoms with van der Waals surface area (Å²) >= 11 is 0. The van der Waals surface area contributed by atoms with Gasteiger partial charge in [0.05, 0.1) is 17.8 Å². The molecule has 12 N–H and O–H groups in total. The van der Waals surface area contributed by atoms with E-state index in [9.17, 15) is 70.9 Å². The highest BCUT2D eigenvalue weighted by Crippen LogP contribution is 2.40. The zero-order valence-corrected chi connectivity index (χ0v) is 47.9. The highest BCUT2D eigenvalue weighted by atomic mass is 19.4. The SMILES string of the molecule is CC(C)[C@H](NC(=O)CCCCCN1C(=O)C=CC1=O)C(=O)NC(CCCNC(N)=O)C(=O)NC(CCCCNC(=O)C(N)CCN(C(=O)CO)C(c1nc(-c2cc(F)ccc2F)cn1Cc1ccccc1)C(C)(C)C)C(=O)O.O=C(O)C(F)(F)F. The van der Waals surface area contributed by atoms with Crippen LogP contribution in [0.4, 0.5) is 26.7 Å². The van der Waals surface area contributed by atoms with Gasteiger partial charge < -0.3 is 62.8 Å². The van der Waals surface area contributed by atoms with Crippen LogP contribution in [-0.4, -0.2) is 157 Å². The number of unbranched alkanes of at least 4 members (excludes halogenated alkanes) is 3. The largest absolute Gasteiger partial charge is 0.490 e. The number of halogens is 5. The van der Waals surface area contributed by atoms with E-state index in [1.807, 2.05) is 51.1 Å². The molecule has 0 saturated carbocycles. The molecule has 0 bridgehead atoms. The molecule has 1 aliphatic heterocycles. The number of carbonyl (C=O) groups excluding carboxylic acids is 8. The molecule has 0 aliphatic carbocycles. The highest BCUT2D eigenvalue weighted by Gasteiger charge is 2.40. The number of hydrogen-bond donors (Lipinski definition) is 10. The molecule has 0 saturated heterocycles. The number of carboxylic acids is 2. The van der Waals surface area contributed by atoms with Crippen molar-refractivity contribution in [2.75, 3.05) is 32.8 Å². The van der Waals surface area contributed by atoms with Gasteiger partial charge >= 0.3 is 24.1 Å². The van der Waals surface area contributed by atoms with Crippen LogP contribution in [0, 0.1) is 23.0 Å². The molecule has 3 aromatic rings. The van der Waals surface area contributed by atoms with Crippen LogP contribution in [0.5, 0.6) is 0 Å². The lowest BCUT2D eigenvalue weighted by Gasteiger charge is -2.40. The van der Waals surface area contributed by atoms with Crippen LogP contribution < -0.4 is 38.1 Å². The van der Waals surface area contributed by atoms with Gasteiger partial charge in [-0.1, -0.05) is 71.4 Å². The van der Waals surface area contributed by atoms with E-state index in [1.165, 1.54) is 17.1 Å². The molecule has 2 heterocycles. The molecule has 4 unspecified atom stereocenters. The van der Waals surface area contributed by atoms with Crippen LogP contribution in [0.25, 0.3) is 11.3 Å². The third-order valence-electron chi connectivity index (χ3n) is 13.2. The van der Waals surface area contributed by atoms with E-state index in [4.69, 9.17) is 26.4 Å². The number of amides is 9. The van der Waals surface area contributed by atoms with E-state index in [1.54, 1.807) is 24.6 Å². The highest BCUT2D eigenvalue weighted by molar-refractivity contribution is 6.12. The number of aromatic nitrogens is 2. The number of carboxylic acid groups (broad SMARTS) is 2. The molecule has 4 rings (SSSR count). The van der Waals surface area contributed by atoms with E-state index >= 15 is 4.39 Å². The van der Waals surface area contributed by atoms with Gasteiger partial charge in [-0.25, -0.2) is 28.1 Å². The maximum absolute atomic E-state index is 15.1. The number of imidazole rings is 1. The van der Waals surface area contributed by atoms with Crippen molar-refractivity contribution in [2.24, 2.45) is 22.8 Å². The van der Waals surface area contributed by atoms with E-state index in [2.05, 4.69) is 26.6 Å². The Balaban J connectivity index is 0.00000253. The van der Waals surface area contributed by atoms with Crippen LogP contribution in [0.3, 0.4) is 0 Å². The third-order valence-corrected chi connectivity index (χ3v) is 13.2. The van der Waals surface area contributed by atoms with Crippen molar-refractivity contribution >= 4 is 59.3 Å². The Bertz CT molecular complexity index is 2810. The molecule has 24 nitrogen and oxygen atoms in total. The summed E-state index contributed by atoms with van der Waals surface area (Å²) in [7, 11) is 0. The van der Waals surface area contributed by atoms with Gasteiger partial charge in [0.15, 0.2) is 0 Å². The lowest BCUT2D eigenvalue weighted by atomic mass is 9.84. The van der Waals surface area contributed by atoms with Crippen LogP contribution >= 0.6 is 0 Å². The summed E-state index contributed by atoms with van der Waals surface area (Å²) in [5.74, 6) is -9.69. The Morgan fingerprint density at radius 2 is 1.36 bits per heavy atom. The lowest BCUT2D eigenvalue weighted by Crippen LogP contribution is -2.57. The summed E-state index contributed by atoms with van der Waals surface area (Å²) in [6.45, 7) is 8.45. The smallest absolute Gasteiger partial charge is 0.480 e. The van der Waals surface area contributed by atoms with Crippen molar-refractivity contribution < 1.29 is 85.2 Å². The average molecular weight is 1210 g/mol.